The number of aryl methyl sites for hydroxylation is 1. The Balaban J connectivity index is 2.21. The fourth-order valence-electron chi connectivity index (χ4n) is 1.29. The van der Waals surface area contributed by atoms with Crippen LogP contribution >= 0.6 is 0 Å². The highest BCUT2D eigenvalue weighted by molar-refractivity contribution is 5.16. The van der Waals surface area contributed by atoms with Crippen LogP contribution in [-0.2, 0) is 6.42 Å². The summed E-state index contributed by atoms with van der Waals surface area (Å²) in [7, 11) is 0. The summed E-state index contributed by atoms with van der Waals surface area (Å²) in [6.07, 6.45) is 5.26. The number of hydrogen-bond donors (Lipinski definition) is 3. The molecule has 1 aromatic heterocycles. The minimum Gasteiger partial charge on any atom is -0.366 e. The van der Waals surface area contributed by atoms with Crippen molar-refractivity contribution in [3.63, 3.8) is 0 Å². The molecule has 6 heteroatoms. The molecule has 1 rings (SSSR count). The van der Waals surface area contributed by atoms with Crippen LogP contribution in [-0.4, -0.2) is 21.4 Å². The Kier molecular flexibility index (Phi) is 4.18. The molecular weight excluding hydrogens is 180 g/mol. The van der Waals surface area contributed by atoms with E-state index < -0.39 is 0 Å². The van der Waals surface area contributed by atoms with E-state index in [1.807, 2.05) is 0 Å². The SMILES string of the molecule is NCCCCCCc1nnc(N)n1N. The number of nitrogens with two attached hydrogens (primary N) is 3. The third-order valence-corrected chi connectivity index (χ3v) is 2.15. The molecule has 0 bridgehead atoms. The van der Waals surface area contributed by atoms with Crippen LogP contribution in [0.4, 0.5) is 5.95 Å². The first-order chi connectivity index (χ1) is 6.75. The van der Waals surface area contributed by atoms with Crippen molar-refractivity contribution in [1.82, 2.24) is 14.9 Å². The molecule has 0 aromatic carbocycles. The highest BCUT2D eigenvalue weighted by atomic mass is 15.4. The van der Waals surface area contributed by atoms with Crippen molar-refractivity contribution in [2.75, 3.05) is 18.1 Å². The van der Waals surface area contributed by atoms with Gasteiger partial charge in [-0.15, -0.1) is 10.2 Å². The highest BCUT2D eigenvalue weighted by Crippen LogP contribution is 2.05. The van der Waals surface area contributed by atoms with Crippen molar-refractivity contribution >= 4 is 5.95 Å². The van der Waals surface area contributed by atoms with Crippen molar-refractivity contribution in [3.8, 4) is 0 Å². The van der Waals surface area contributed by atoms with Gasteiger partial charge < -0.3 is 17.3 Å². The average molecular weight is 198 g/mol. The fourth-order valence-corrected chi connectivity index (χ4v) is 1.29. The lowest BCUT2D eigenvalue weighted by Crippen LogP contribution is -2.15. The minimum atomic E-state index is 0.266. The van der Waals surface area contributed by atoms with Gasteiger partial charge in [-0.3, -0.25) is 0 Å². The summed E-state index contributed by atoms with van der Waals surface area (Å²) in [5, 5.41) is 7.55. The zero-order valence-corrected chi connectivity index (χ0v) is 8.32. The van der Waals surface area contributed by atoms with Gasteiger partial charge in [0.1, 0.15) is 0 Å². The van der Waals surface area contributed by atoms with E-state index in [1.165, 1.54) is 4.68 Å². The van der Waals surface area contributed by atoms with E-state index in [1.54, 1.807) is 0 Å². The molecule has 6 nitrogen and oxygen atoms in total. The molecule has 0 spiro atoms. The second-order valence-electron chi connectivity index (χ2n) is 3.30. The maximum Gasteiger partial charge on any atom is 0.240 e. The van der Waals surface area contributed by atoms with Crippen LogP contribution in [0, 0.1) is 0 Å². The van der Waals surface area contributed by atoms with Crippen LogP contribution in [0.25, 0.3) is 0 Å². The molecule has 0 saturated heterocycles. The minimum absolute atomic E-state index is 0.266. The predicted molar refractivity (Wildman–Crippen MR) is 55.8 cm³/mol. The van der Waals surface area contributed by atoms with Crippen molar-refractivity contribution in [1.29, 1.82) is 0 Å². The maximum absolute atomic E-state index is 5.59. The normalized spacial score (nSPS) is 10.6. The van der Waals surface area contributed by atoms with E-state index in [0.717, 1.165) is 44.5 Å². The molecule has 6 N–H and O–H groups in total. The summed E-state index contributed by atoms with van der Waals surface area (Å²) in [5.74, 6) is 6.60. The van der Waals surface area contributed by atoms with Crippen LogP contribution in [0.5, 0.6) is 0 Å². The number of anilines is 1. The molecule has 0 unspecified atom stereocenters. The van der Waals surface area contributed by atoms with Gasteiger partial charge in [-0.2, -0.15) is 0 Å². The molecule has 0 atom stereocenters. The Bertz CT molecular complexity index is 269. The van der Waals surface area contributed by atoms with Gasteiger partial charge in [-0.1, -0.05) is 12.8 Å². The number of nitrogens with zero attached hydrogens (tertiary/aromatic N) is 3. The summed E-state index contributed by atoms with van der Waals surface area (Å²) < 4.78 is 1.34. The maximum atomic E-state index is 5.59. The van der Waals surface area contributed by atoms with E-state index in [0.29, 0.717) is 0 Å². The summed E-state index contributed by atoms with van der Waals surface area (Å²) in [6.45, 7) is 0.764. The third kappa shape index (κ3) is 2.88. The quantitative estimate of drug-likeness (QED) is 0.427. The highest BCUT2D eigenvalue weighted by Gasteiger charge is 2.04. The predicted octanol–water partition coefficient (Wildman–Crippen LogP) is -0.364. The van der Waals surface area contributed by atoms with Gasteiger partial charge in [0.25, 0.3) is 0 Å². The van der Waals surface area contributed by atoms with Crippen molar-refractivity contribution < 1.29 is 0 Å². The van der Waals surface area contributed by atoms with E-state index in [2.05, 4.69) is 10.2 Å². The second kappa shape index (κ2) is 5.43. The van der Waals surface area contributed by atoms with E-state index >= 15 is 0 Å². The molecular formula is C8H18N6. The summed E-state index contributed by atoms with van der Waals surface area (Å²) in [4.78, 5) is 0. The Labute approximate surface area is 83.4 Å². The number of aromatic nitrogens is 3. The summed E-state index contributed by atoms with van der Waals surface area (Å²) >= 11 is 0. The van der Waals surface area contributed by atoms with Gasteiger partial charge in [0.2, 0.25) is 5.95 Å². The average Bonchev–Trinajstić information content (AvgIpc) is 2.49. The number of unbranched alkanes of at least 4 members (excludes halogenated alkanes) is 3. The van der Waals surface area contributed by atoms with Crippen LogP contribution < -0.4 is 17.3 Å². The zero-order chi connectivity index (χ0) is 10.4. The van der Waals surface area contributed by atoms with Crippen LogP contribution in [0.15, 0.2) is 0 Å². The molecule has 0 saturated carbocycles. The van der Waals surface area contributed by atoms with Gasteiger partial charge >= 0.3 is 0 Å². The lowest BCUT2D eigenvalue weighted by molar-refractivity contribution is 0.628. The van der Waals surface area contributed by atoms with E-state index in [4.69, 9.17) is 17.3 Å². The topological polar surface area (TPSA) is 109 Å². The van der Waals surface area contributed by atoms with Crippen LogP contribution in [0.1, 0.15) is 31.5 Å². The first-order valence-corrected chi connectivity index (χ1v) is 4.90. The van der Waals surface area contributed by atoms with E-state index in [9.17, 15) is 0 Å². The summed E-state index contributed by atoms with van der Waals surface area (Å²) in [5.41, 5.74) is 10.8. The Hall–Kier alpha value is -1.30. The Morgan fingerprint density at radius 3 is 2.36 bits per heavy atom. The molecule has 0 amide bonds. The lowest BCUT2D eigenvalue weighted by atomic mass is 10.1. The first-order valence-electron chi connectivity index (χ1n) is 4.90. The smallest absolute Gasteiger partial charge is 0.240 e. The van der Waals surface area contributed by atoms with Gasteiger partial charge in [-0.05, 0) is 19.4 Å². The fraction of sp³-hybridized carbons (Fsp3) is 0.750. The summed E-state index contributed by atoms with van der Waals surface area (Å²) in [6, 6.07) is 0. The molecule has 14 heavy (non-hydrogen) atoms. The molecule has 0 radical (unpaired) electrons. The molecule has 0 fully saturated rings. The lowest BCUT2D eigenvalue weighted by Gasteiger charge is -2.00. The molecule has 0 aliphatic rings. The monoisotopic (exact) mass is 198 g/mol. The second-order valence-corrected chi connectivity index (χ2v) is 3.30. The Morgan fingerprint density at radius 2 is 1.79 bits per heavy atom. The van der Waals surface area contributed by atoms with Gasteiger partial charge in [0.15, 0.2) is 5.82 Å². The van der Waals surface area contributed by atoms with Gasteiger partial charge in [-0.25, -0.2) is 4.68 Å². The largest absolute Gasteiger partial charge is 0.366 e. The number of rotatable bonds is 6. The number of nitrogen functional groups attached to an aromatic ring is 2. The third-order valence-electron chi connectivity index (χ3n) is 2.15. The van der Waals surface area contributed by atoms with Crippen molar-refractivity contribution in [2.24, 2.45) is 5.73 Å². The van der Waals surface area contributed by atoms with Crippen molar-refractivity contribution in [2.45, 2.75) is 32.1 Å². The van der Waals surface area contributed by atoms with Gasteiger partial charge in [0, 0.05) is 6.42 Å². The van der Waals surface area contributed by atoms with E-state index in [-0.39, 0.29) is 5.95 Å². The van der Waals surface area contributed by atoms with Crippen LogP contribution in [0.3, 0.4) is 0 Å². The zero-order valence-electron chi connectivity index (χ0n) is 8.32. The first kappa shape index (κ1) is 10.8. The Morgan fingerprint density at radius 1 is 1.07 bits per heavy atom. The molecule has 0 aliphatic carbocycles. The molecule has 1 heterocycles. The number of hydrogen-bond acceptors (Lipinski definition) is 5. The molecule has 1 aromatic rings. The standard InChI is InChI=1S/C8H18N6/c9-6-4-2-1-3-5-7-12-13-8(10)14(7)11/h1-6,9,11H2,(H2,10,13). The van der Waals surface area contributed by atoms with Crippen LogP contribution in [0.2, 0.25) is 0 Å². The molecule has 80 valence electrons. The molecule has 0 aliphatic heterocycles. The van der Waals surface area contributed by atoms with Crippen molar-refractivity contribution in [3.05, 3.63) is 5.82 Å². The van der Waals surface area contributed by atoms with Gasteiger partial charge in [0.05, 0.1) is 0 Å².